The highest BCUT2D eigenvalue weighted by atomic mass is 19.1. The Morgan fingerprint density at radius 3 is 2.31 bits per heavy atom. The summed E-state index contributed by atoms with van der Waals surface area (Å²) in [5, 5.41) is 3.58. The summed E-state index contributed by atoms with van der Waals surface area (Å²) in [5.41, 5.74) is 6.57. The van der Waals surface area contributed by atoms with Crippen molar-refractivity contribution >= 4 is 17.3 Å². The van der Waals surface area contributed by atoms with Crippen LogP contribution in [0.25, 0.3) is 11.1 Å². The molecule has 3 aromatic carbocycles. The molecular weight excluding hydrogens is 437 g/mol. The van der Waals surface area contributed by atoms with Gasteiger partial charge in [-0.15, -0.1) is 0 Å². The van der Waals surface area contributed by atoms with E-state index in [2.05, 4.69) is 59.6 Å². The van der Waals surface area contributed by atoms with Crippen LogP contribution >= 0.6 is 0 Å². The maximum atomic E-state index is 13.4. The molecule has 0 spiro atoms. The molecule has 2 unspecified atom stereocenters. The van der Waals surface area contributed by atoms with Crippen molar-refractivity contribution < 1.29 is 9.18 Å². The van der Waals surface area contributed by atoms with E-state index in [1.54, 1.807) is 19.1 Å². The van der Waals surface area contributed by atoms with Gasteiger partial charge in [-0.2, -0.15) is 0 Å². The molecule has 0 saturated carbocycles. The first-order valence-electron chi connectivity index (χ1n) is 12.8. The summed E-state index contributed by atoms with van der Waals surface area (Å²) in [6, 6.07) is 21.8. The molecule has 0 aromatic heterocycles. The van der Waals surface area contributed by atoms with E-state index in [1.165, 1.54) is 55.6 Å². The highest BCUT2D eigenvalue weighted by molar-refractivity contribution is 5.94. The van der Waals surface area contributed by atoms with Crippen molar-refractivity contribution in [2.45, 2.75) is 58.2 Å². The van der Waals surface area contributed by atoms with Crippen molar-refractivity contribution in [3.63, 3.8) is 0 Å². The van der Waals surface area contributed by atoms with Crippen molar-refractivity contribution in [2.75, 3.05) is 23.3 Å². The SMILES string of the molecule is CC(=O)N1c2ccc(-c3ccc(CN4CCCCC4)cc3)cc2C(Nc2ccc(F)cc2)CC1C. The van der Waals surface area contributed by atoms with Crippen molar-refractivity contribution in [1.29, 1.82) is 0 Å². The highest BCUT2D eigenvalue weighted by Gasteiger charge is 2.32. The third-order valence-electron chi connectivity index (χ3n) is 7.35. The van der Waals surface area contributed by atoms with Gasteiger partial charge in [0.05, 0.1) is 6.04 Å². The molecule has 5 rings (SSSR count). The first kappa shape index (κ1) is 23.6. The molecule has 1 saturated heterocycles. The lowest BCUT2D eigenvalue weighted by Crippen LogP contribution is -2.43. The number of likely N-dealkylation sites (tertiary alicyclic amines) is 1. The lowest BCUT2D eigenvalue weighted by Gasteiger charge is -2.39. The number of anilines is 2. The topological polar surface area (TPSA) is 35.6 Å². The van der Waals surface area contributed by atoms with Gasteiger partial charge in [-0.1, -0.05) is 36.8 Å². The number of benzene rings is 3. The number of carbonyl (C=O) groups excluding carboxylic acids is 1. The van der Waals surface area contributed by atoms with Crippen molar-refractivity contribution in [3.8, 4) is 11.1 Å². The summed E-state index contributed by atoms with van der Waals surface area (Å²) in [6.07, 6.45) is 4.74. The van der Waals surface area contributed by atoms with Gasteiger partial charge in [0.25, 0.3) is 0 Å². The molecule has 2 heterocycles. The molecule has 2 aliphatic heterocycles. The minimum Gasteiger partial charge on any atom is -0.378 e. The Morgan fingerprint density at radius 1 is 0.943 bits per heavy atom. The van der Waals surface area contributed by atoms with Crippen LogP contribution in [0.5, 0.6) is 0 Å². The molecule has 1 amide bonds. The molecule has 0 radical (unpaired) electrons. The third-order valence-corrected chi connectivity index (χ3v) is 7.35. The van der Waals surface area contributed by atoms with Gasteiger partial charge in [-0.25, -0.2) is 4.39 Å². The fourth-order valence-corrected chi connectivity index (χ4v) is 5.59. The summed E-state index contributed by atoms with van der Waals surface area (Å²) in [5.74, 6) is -0.199. The monoisotopic (exact) mass is 471 g/mol. The molecular formula is C30H34FN3O. The zero-order valence-electron chi connectivity index (χ0n) is 20.6. The predicted molar refractivity (Wildman–Crippen MR) is 141 cm³/mol. The Bertz CT molecular complexity index is 1170. The number of halogens is 1. The summed E-state index contributed by atoms with van der Waals surface area (Å²) in [4.78, 5) is 16.9. The van der Waals surface area contributed by atoms with Gasteiger partial charge in [-0.05, 0) is 97.9 Å². The van der Waals surface area contributed by atoms with Gasteiger partial charge in [0.15, 0.2) is 0 Å². The van der Waals surface area contributed by atoms with Crippen LogP contribution in [0, 0.1) is 5.82 Å². The number of piperidine rings is 1. The van der Waals surface area contributed by atoms with E-state index in [0.717, 1.165) is 35.5 Å². The molecule has 2 aliphatic rings. The van der Waals surface area contributed by atoms with E-state index in [-0.39, 0.29) is 23.8 Å². The standard InChI is InChI=1S/C30H34FN3O/c1-21-18-29(32-27-13-11-26(31)12-14-27)28-19-25(10-15-30(28)34(21)22(2)35)24-8-6-23(7-9-24)20-33-16-4-3-5-17-33/h6-15,19,21,29,32H,3-5,16-18,20H2,1-2H3. The molecule has 0 bridgehead atoms. The Hall–Kier alpha value is -3.18. The number of hydrogen-bond acceptors (Lipinski definition) is 3. The van der Waals surface area contributed by atoms with E-state index < -0.39 is 0 Å². The van der Waals surface area contributed by atoms with Crippen LogP contribution in [0.2, 0.25) is 0 Å². The van der Waals surface area contributed by atoms with Gasteiger partial charge < -0.3 is 10.2 Å². The van der Waals surface area contributed by atoms with Gasteiger partial charge in [-0.3, -0.25) is 9.69 Å². The summed E-state index contributed by atoms with van der Waals surface area (Å²) >= 11 is 0. The smallest absolute Gasteiger partial charge is 0.224 e. The zero-order chi connectivity index (χ0) is 24.4. The fraction of sp³-hybridized carbons (Fsp3) is 0.367. The van der Waals surface area contributed by atoms with E-state index in [1.807, 2.05) is 4.90 Å². The van der Waals surface area contributed by atoms with Gasteiger partial charge in [0, 0.05) is 30.9 Å². The Balaban J connectivity index is 1.43. The Morgan fingerprint density at radius 2 is 1.63 bits per heavy atom. The lowest BCUT2D eigenvalue weighted by molar-refractivity contribution is -0.117. The molecule has 0 aliphatic carbocycles. The normalized spacial score (nSPS) is 20.4. The maximum absolute atomic E-state index is 13.4. The van der Waals surface area contributed by atoms with Gasteiger partial charge >= 0.3 is 0 Å². The molecule has 5 heteroatoms. The van der Waals surface area contributed by atoms with E-state index in [0.29, 0.717) is 0 Å². The van der Waals surface area contributed by atoms with Crippen LogP contribution < -0.4 is 10.2 Å². The summed E-state index contributed by atoms with van der Waals surface area (Å²) in [7, 11) is 0. The molecule has 182 valence electrons. The van der Waals surface area contributed by atoms with Gasteiger partial charge in [0.1, 0.15) is 5.82 Å². The third kappa shape index (κ3) is 5.25. The number of rotatable bonds is 5. The van der Waals surface area contributed by atoms with Crippen LogP contribution in [-0.2, 0) is 11.3 Å². The Labute approximate surface area is 207 Å². The number of amides is 1. The number of nitrogens with zero attached hydrogens (tertiary/aromatic N) is 2. The van der Waals surface area contributed by atoms with Crippen LogP contribution in [-0.4, -0.2) is 29.9 Å². The number of nitrogens with one attached hydrogen (secondary N) is 1. The summed E-state index contributed by atoms with van der Waals surface area (Å²) < 4.78 is 13.4. The molecule has 2 atom stereocenters. The van der Waals surface area contributed by atoms with Crippen molar-refractivity contribution in [1.82, 2.24) is 4.90 Å². The number of fused-ring (bicyclic) bond motifs is 1. The Kier molecular flexibility index (Phi) is 6.87. The van der Waals surface area contributed by atoms with E-state index >= 15 is 0 Å². The molecule has 1 fully saturated rings. The van der Waals surface area contributed by atoms with Crippen LogP contribution in [0.15, 0.2) is 66.7 Å². The van der Waals surface area contributed by atoms with Crippen molar-refractivity contribution in [2.24, 2.45) is 0 Å². The van der Waals surface area contributed by atoms with Crippen molar-refractivity contribution in [3.05, 3.63) is 83.7 Å². The maximum Gasteiger partial charge on any atom is 0.224 e. The second-order valence-electron chi connectivity index (χ2n) is 9.98. The molecule has 3 aromatic rings. The van der Waals surface area contributed by atoms with E-state index in [4.69, 9.17) is 0 Å². The quantitative estimate of drug-likeness (QED) is 0.446. The van der Waals surface area contributed by atoms with Crippen LogP contribution in [0.3, 0.4) is 0 Å². The minimum absolute atomic E-state index is 0.0272. The lowest BCUT2D eigenvalue weighted by atomic mass is 9.88. The summed E-state index contributed by atoms with van der Waals surface area (Å²) in [6.45, 7) is 7.11. The zero-order valence-corrected chi connectivity index (χ0v) is 20.6. The molecule has 4 nitrogen and oxygen atoms in total. The average Bonchev–Trinajstić information content (AvgIpc) is 2.86. The number of carbonyl (C=O) groups is 1. The second kappa shape index (κ2) is 10.2. The fourth-order valence-electron chi connectivity index (χ4n) is 5.59. The largest absolute Gasteiger partial charge is 0.378 e. The minimum atomic E-state index is -0.248. The second-order valence-corrected chi connectivity index (χ2v) is 9.98. The first-order valence-corrected chi connectivity index (χ1v) is 12.8. The predicted octanol–water partition coefficient (Wildman–Crippen LogP) is 6.78. The highest BCUT2D eigenvalue weighted by Crippen LogP contribution is 2.41. The van der Waals surface area contributed by atoms with E-state index in [9.17, 15) is 9.18 Å². The van der Waals surface area contributed by atoms with Crippen LogP contribution in [0.1, 0.15) is 56.7 Å². The first-order chi connectivity index (χ1) is 17.0. The van der Waals surface area contributed by atoms with Gasteiger partial charge in [0.2, 0.25) is 5.91 Å². The average molecular weight is 472 g/mol. The molecule has 1 N–H and O–H groups in total. The molecule has 35 heavy (non-hydrogen) atoms. The van der Waals surface area contributed by atoms with Crippen LogP contribution in [0.4, 0.5) is 15.8 Å². The number of hydrogen-bond donors (Lipinski definition) is 1.